The van der Waals surface area contributed by atoms with Gasteiger partial charge < -0.3 is 9.80 Å². The Morgan fingerprint density at radius 1 is 0.311 bits per heavy atom. The molecule has 0 aliphatic carbocycles. The molecule has 9 aromatic rings. The monoisotopic (exact) mass is 975 g/mol. The number of rotatable bonds is 20. The van der Waals surface area contributed by atoms with Crippen molar-refractivity contribution in [3.05, 3.63) is 238 Å². The Labute approximate surface area is 452 Å². The fourth-order valence-corrected chi connectivity index (χ4v) is 10.6. The quantitative estimate of drug-likeness (QED) is 0.0702. The zero-order valence-electron chi connectivity index (χ0n) is 51.0. The summed E-state index contributed by atoms with van der Waals surface area (Å²) in [6, 6.07) is 55.2. The van der Waals surface area contributed by atoms with Gasteiger partial charge in [-0.1, -0.05) is 174 Å². The molecule has 0 heterocycles. The molecule has 0 fully saturated rings. The Morgan fingerprint density at radius 2 is 0.676 bits per heavy atom. The number of benzene rings is 9. The van der Waals surface area contributed by atoms with Crippen molar-refractivity contribution in [1.82, 2.24) is 0 Å². The summed E-state index contributed by atoms with van der Waals surface area (Å²) in [4.78, 5) is 4.20. The summed E-state index contributed by atoms with van der Waals surface area (Å²) < 4.78 is 62.2. The molecule has 9 rings (SSSR count). The highest BCUT2D eigenvalue weighted by atomic mass is 15.1. The SMILES string of the molecule is [2H]c1c(C)c(N(c2ccccc2)c2ccc(-c3ccccc3)c(C)c2)c([2H])c(C)c1-c1c([2H])c(CCCCCC)c(-c2c([2H])c(C)c(N(c3ccccc3)c3ccc(-c4ccccc4)c(C)c3)c([2H])c2C)c([2H])c1CCCCCC. The van der Waals surface area contributed by atoms with Crippen LogP contribution in [-0.2, 0) is 12.8 Å². The second-order valence-electron chi connectivity index (χ2n) is 20.1. The van der Waals surface area contributed by atoms with Crippen molar-refractivity contribution in [3.8, 4) is 44.5 Å². The third-order valence-corrected chi connectivity index (χ3v) is 14.5. The maximum atomic E-state index is 10.6. The van der Waals surface area contributed by atoms with Crippen molar-refractivity contribution >= 4 is 34.1 Å². The maximum absolute atomic E-state index is 10.6. The molecule has 2 heteroatoms. The summed E-state index contributed by atoms with van der Waals surface area (Å²) >= 11 is 0. The summed E-state index contributed by atoms with van der Waals surface area (Å²) in [7, 11) is 0. The van der Waals surface area contributed by atoms with Gasteiger partial charge in [-0.25, -0.2) is 0 Å². The van der Waals surface area contributed by atoms with E-state index in [-0.39, 0.29) is 36.3 Å². The minimum Gasteiger partial charge on any atom is -0.310 e. The van der Waals surface area contributed by atoms with Crippen molar-refractivity contribution in [2.75, 3.05) is 9.80 Å². The van der Waals surface area contributed by atoms with E-state index in [1.807, 2.05) is 125 Å². The normalized spacial score (nSPS) is 12.4. The molecule has 0 atom stereocenters. The van der Waals surface area contributed by atoms with Gasteiger partial charge >= 0.3 is 0 Å². The molecular weight excluding hydrogens is 893 g/mol. The first-order valence-electron chi connectivity index (χ1n) is 30.1. The first-order chi connectivity index (χ1) is 38.7. The van der Waals surface area contributed by atoms with Crippen LogP contribution in [0.15, 0.2) is 194 Å². The topological polar surface area (TPSA) is 6.48 Å². The van der Waals surface area contributed by atoms with Crippen molar-refractivity contribution in [3.63, 3.8) is 0 Å². The van der Waals surface area contributed by atoms with E-state index in [0.717, 1.165) is 107 Å². The molecule has 0 amide bonds. The predicted molar refractivity (Wildman–Crippen MR) is 322 cm³/mol. The predicted octanol–water partition coefficient (Wildman–Crippen LogP) is 21.4. The smallest absolute Gasteiger partial charge is 0.0648 e. The fraction of sp³-hybridized carbons (Fsp3) is 0.250. The Hall–Kier alpha value is -7.42. The minimum atomic E-state index is 0.235. The van der Waals surface area contributed by atoms with Gasteiger partial charge in [0, 0.05) is 34.1 Å². The van der Waals surface area contributed by atoms with E-state index >= 15 is 0 Å². The van der Waals surface area contributed by atoms with Gasteiger partial charge in [0.15, 0.2) is 0 Å². The van der Waals surface area contributed by atoms with Crippen LogP contribution < -0.4 is 9.80 Å². The summed E-state index contributed by atoms with van der Waals surface area (Å²) in [5.74, 6) is 0. The molecule has 2 nitrogen and oxygen atoms in total. The number of aryl methyl sites for hydroxylation is 2. The van der Waals surface area contributed by atoms with E-state index in [0.29, 0.717) is 79.9 Å². The van der Waals surface area contributed by atoms with Crippen LogP contribution in [0.4, 0.5) is 34.1 Å². The molecule has 0 radical (unpaired) electrons. The third-order valence-electron chi connectivity index (χ3n) is 14.5. The van der Waals surface area contributed by atoms with Crippen molar-refractivity contribution in [2.45, 2.75) is 120 Å². The van der Waals surface area contributed by atoms with Gasteiger partial charge in [-0.15, -0.1) is 0 Å². The standard InChI is InChI=1S/C72H76N2/c1-9-11-13-19-33-59-49-70(68-46-56(8)72(48-54(68)6)74(62-37-27-18-28-38-62)64-40-42-66(52(4)44-64)58-31-23-16-24-32-58)60(34-20-14-12-10-2)50-69(59)67-45-55(7)71(47-53(67)5)73(61-35-25-17-26-36-61)63-39-41-65(51(3)43-63)57-29-21-15-22-30-57/h15-18,21-32,35-50H,9-14,19-20,33-34H2,1-8H3/i45D,46D,47D,48D,49D,50D. The Kier molecular flexibility index (Phi) is 14.3. The van der Waals surface area contributed by atoms with E-state index in [2.05, 4.69) is 98.2 Å². The largest absolute Gasteiger partial charge is 0.310 e. The van der Waals surface area contributed by atoms with Gasteiger partial charge in [-0.2, -0.15) is 0 Å². The molecule has 0 aromatic heterocycles. The van der Waals surface area contributed by atoms with E-state index in [9.17, 15) is 8.22 Å². The number of hydrogen-bond donors (Lipinski definition) is 0. The van der Waals surface area contributed by atoms with Gasteiger partial charge in [0.25, 0.3) is 0 Å². The van der Waals surface area contributed by atoms with Crippen LogP contribution in [0, 0.1) is 41.5 Å². The first kappa shape index (κ1) is 44.1. The first-order valence-corrected chi connectivity index (χ1v) is 27.1. The fourth-order valence-electron chi connectivity index (χ4n) is 10.6. The minimum absolute atomic E-state index is 0.235. The summed E-state index contributed by atoms with van der Waals surface area (Å²) in [5.41, 5.74) is 17.2. The van der Waals surface area contributed by atoms with E-state index < -0.39 is 0 Å². The van der Waals surface area contributed by atoms with E-state index in [4.69, 9.17) is 0 Å². The molecule has 74 heavy (non-hydrogen) atoms. The lowest BCUT2D eigenvalue weighted by molar-refractivity contribution is 0.664. The Morgan fingerprint density at radius 3 is 1.03 bits per heavy atom. The molecule has 0 aliphatic heterocycles. The van der Waals surface area contributed by atoms with Crippen molar-refractivity contribution in [1.29, 1.82) is 0 Å². The molecule has 0 saturated carbocycles. The number of nitrogens with zero attached hydrogens (tertiary/aromatic N) is 2. The van der Waals surface area contributed by atoms with Gasteiger partial charge in [-0.05, 0) is 229 Å². The van der Waals surface area contributed by atoms with Crippen LogP contribution in [0.1, 0.15) is 118 Å². The van der Waals surface area contributed by atoms with Gasteiger partial charge in [0.2, 0.25) is 0 Å². The molecule has 0 N–H and O–H groups in total. The molecule has 0 spiro atoms. The highest BCUT2D eigenvalue weighted by Gasteiger charge is 2.23. The van der Waals surface area contributed by atoms with Crippen LogP contribution in [0.2, 0.25) is 0 Å². The third kappa shape index (κ3) is 11.5. The van der Waals surface area contributed by atoms with E-state index in [1.54, 1.807) is 0 Å². The molecule has 9 aromatic carbocycles. The van der Waals surface area contributed by atoms with E-state index in [1.165, 1.54) is 0 Å². The lowest BCUT2D eigenvalue weighted by atomic mass is 9.84. The average Bonchev–Trinajstić information content (AvgIpc) is 3.47. The highest BCUT2D eigenvalue weighted by Crippen LogP contribution is 2.45. The Balaban J connectivity index is 1.27. The Bertz CT molecular complexity index is 3350. The lowest BCUT2D eigenvalue weighted by Crippen LogP contribution is -2.12. The van der Waals surface area contributed by atoms with Gasteiger partial charge in [0.05, 0.1) is 8.22 Å². The molecule has 0 saturated heterocycles. The molecular formula is C72H76N2. The van der Waals surface area contributed by atoms with Crippen LogP contribution in [0.25, 0.3) is 44.5 Å². The van der Waals surface area contributed by atoms with Gasteiger partial charge in [-0.3, -0.25) is 0 Å². The second kappa shape index (κ2) is 24.1. The molecule has 0 unspecified atom stereocenters. The number of para-hydroxylation sites is 2. The van der Waals surface area contributed by atoms with Crippen LogP contribution in [-0.4, -0.2) is 0 Å². The van der Waals surface area contributed by atoms with Crippen LogP contribution in [0.3, 0.4) is 0 Å². The highest BCUT2D eigenvalue weighted by molar-refractivity contribution is 5.88. The number of unbranched alkanes of at least 4 members (excludes halogenated alkanes) is 6. The summed E-state index contributed by atoms with van der Waals surface area (Å²) in [6.07, 6.45) is 8.55. The van der Waals surface area contributed by atoms with Gasteiger partial charge in [0.1, 0.15) is 0 Å². The maximum Gasteiger partial charge on any atom is 0.0648 e. The summed E-state index contributed by atoms with van der Waals surface area (Å²) in [6.45, 7) is 16.3. The second-order valence-corrected chi connectivity index (χ2v) is 20.1. The molecule has 0 bridgehead atoms. The number of anilines is 6. The number of hydrogen-bond acceptors (Lipinski definition) is 2. The van der Waals surface area contributed by atoms with Crippen molar-refractivity contribution in [2.24, 2.45) is 0 Å². The van der Waals surface area contributed by atoms with Crippen molar-refractivity contribution < 1.29 is 8.22 Å². The summed E-state index contributed by atoms with van der Waals surface area (Å²) in [5, 5.41) is 0. The zero-order valence-corrected chi connectivity index (χ0v) is 45.0. The lowest BCUT2D eigenvalue weighted by Gasteiger charge is -2.29. The zero-order chi connectivity index (χ0) is 56.8. The van der Waals surface area contributed by atoms with Crippen LogP contribution in [0.5, 0.6) is 0 Å². The van der Waals surface area contributed by atoms with Crippen LogP contribution >= 0.6 is 0 Å². The molecule has 374 valence electrons. The molecule has 0 aliphatic rings. The average molecular weight is 975 g/mol.